The fourth-order valence-electron chi connectivity index (χ4n) is 3.31. The number of halogens is 3. The summed E-state index contributed by atoms with van der Waals surface area (Å²) >= 11 is 0. The van der Waals surface area contributed by atoms with Gasteiger partial charge in [-0.1, -0.05) is 18.2 Å². The highest BCUT2D eigenvalue weighted by atomic mass is 19.4. The zero-order valence-corrected chi connectivity index (χ0v) is 16.8. The first kappa shape index (κ1) is 24.0. The number of aliphatic hydroxyl groups excluding tert-OH is 4. The molecule has 11 heteroatoms. The summed E-state index contributed by atoms with van der Waals surface area (Å²) in [7, 11) is 1.43. The van der Waals surface area contributed by atoms with Crippen LogP contribution in [0.1, 0.15) is 15.9 Å². The number of hydrogen-bond acceptors (Lipinski definition) is 7. The Morgan fingerprint density at radius 1 is 1.06 bits per heavy atom. The molecule has 2 aromatic rings. The lowest BCUT2D eigenvalue weighted by atomic mass is 9.98. The first-order valence-corrected chi connectivity index (χ1v) is 9.57. The summed E-state index contributed by atoms with van der Waals surface area (Å²) in [4.78, 5) is 11.8. The number of ether oxygens (including phenoxy) is 2. The van der Waals surface area contributed by atoms with Crippen LogP contribution < -0.4 is 10.1 Å². The number of carbonyl (C=O) groups excluding carboxylic acids is 1. The third-order valence-corrected chi connectivity index (χ3v) is 5.06. The molecule has 0 spiro atoms. The minimum Gasteiger partial charge on any atom is -0.461 e. The molecule has 1 amide bonds. The molecule has 32 heavy (non-hydrogen) atoms. The number of rotatable bonds is 5. The molecule has 1 heterocycles. The van der Waals surface area contributed by atoms with Gasteiger partial charge >= 0.3 is 6.18 Å². The van der Waals surface area contributed by atoms with Crippen LogP contribution in [-0.2, 0) is 10.9 Å². The van der Waals surface area contributed by atoms with Crippen LogP contribution in [0.4, 0.5) is 13.2 Å². The molecule has 0 bridgehead atoms. The molecular formula is C21H22F3NO7. The fraction of sp³-hybridized carbons (Fsp3) is 0.381. The monoisotopic (exact) mass is 457 g/mol. The number of aliphatic hydroxyl groups is 4. The van der Waals surface area contributed by atoms with E-state index in [0.29, 0.717) is 5.56 Å². The highest BCUT2D eigenvalue weighted by molar-refractivity contribution is 5.95. The molecule has 0 aromatic heterocycles. The molecule has 5 atom stereocenters. The van der Waals surface area contributed by atoms with Crippen LogP contribution in [0.15, 0.2) is 42.5 Å². The largest absolute Gasteiger partial charge is 0.461 e. The van der Waals surface area contributed by atoms with Crippen molar-refractivity contribution in [3.8, 4) is 16.9 Å². The Morgan fingerprint density at radius 2 is 1.75 bits per heavy atom. The lowest BCUT2D eigenvalue weighted by Crippen LogP contribution is -2.60. The number of carbonyl (C=O) groups is 1. The number of nitrogens with one attached hydrogen (secondary N) is 1. The van der Waals surface area contributed by atoms with Crippen molar-refractivity contribution in [3.05, 3.63) is 53.6 Å². The van der Waals surface area contributed by atoms with Gasteiger partial charge in [0.25, 0.3) is 5.91 Å². The van der Waals surface area contributed by atoms with Crippen LogP contribution in [0, 0.1) is 0 Å². The van der Waals surface area contributed by atoms with Crippen LogP contribution in [0.25, 0.3) is 11.1 Å². The van der Waals surface area contributed by atoms with Gasteiger partial charge < -0.3 is 35.2 Å². The maximum Gasteiger partial charge on any atom is 0.419 e. The molecule has 0 saturated carbocycles. The molecule has 3 rings (SSSR count). The molecule has 174 valence electrons. The van der Waals surface area contributed by atoms with E-state index >= 15 is 0 Å². The van der Waals surface area contributed by atoms with Crippen molar-refractivity contribution in [1.29, 1.82) is 0 Å². The Kier molecular flexibility index (Phi) is 7.06. The Morgan fingerprint density at radius 3 is 2.38 bits per heavy atom. The maximum atomic E-state index is 13.8. The van der Waals surface area contributed by atoms with Gasteiger partial charge in [-0.05, 0) is 35.4 Å². The molecule has 0 aliphatic carbocycles. The van der Waals surface area contributed by atoms with Gasteiger partial charge in [0, 0.05) is 12.6 Å². The van der Waals surface area contributed by atoms with E-state index in [2.05, 4.69) is 5.32 Å². The van der Waals surface area contributed by atoms with Gasteiger partial charge in [-0.25, -0.2) is 0 Å². The second-order valence-corrected chi connectivity index (χ2v) is 7.18. The fourth-order valence-corrected chi connectivity index (χ4v) is 3.31. The van der Waals surface area contributed by atoms with Gasteiger partial charge in [-0.3, -0.25) is 4.79 Å². The minimum absolute atomic E-state index is 0.157. The number of alkyl halides is 3. The van der Waals surface area contributed by atoms with Crippen LogP contribution >= 0.6 is 0 Å². The van der Waals surface area contributed by atoms with Crippen molar-refractivity contribution >= 4 is 5.91 Å². The van der Waals surface area contributed by atoms with Crippen LogP contribution in [-0.4, -0.2) is 70.7 Å². The summed E-state index contributed by atoms with van der Waals surface area (Å²) in [5.74, 6) is -1.08. The van der Waals surface area contributed by atoms with Gasteiger partial charge in [0.2, 0.25) is 6.29 Å². The Labute approximate surface area is 180 Å². The van der Waals surface area contributed by atoms with Gasteiger partial charge in [-0.2, -0.15) is 13.2 Å². The van der Waals surface area contributed by atoms with Crippen molar-refractivity contribution in [1.82, 2.24) is 5.32 Å². The van der Waals surface area contributed by atoms with E-state index in [4.69, 9.17) is 9.47 Å². The second-order valence-electron chi connectivity index (χ2n) is 7.18. The van der Waals surface area contributed by atoms with Crippen molar-refractivity contribution in [3.63, 3.8) is 0 Å². The van der Waals surface area contributed by atoms with Gasteiger partial charge in [-0.15, -0.1) is 0 Å². The average Bonchev–Trinajstić information content (AvgIpc) is 2.78. The van der Waals surface area contributed by atoms with Gasteiger partial charge in [0.05, 0.1) is 12.2 Å². The van der Waals surface area contributed by atoms with E-state index in [-0.39, 0.29) is 11.1 Å². The van der Waals surface area contributed by atoms with Crippen molar-refractivity contribution in [2.75, 3.05) is 13.7 Å². The third kappa shape index (κ3) is 4.87. The van der Waals surface area contributed by atoms with Crippen LogP contribution in [0.3, 0.4) is 0 Å². The lowest BCUT2D eigenvalue weighted by Gasteiger charge is -2.39. The molecule has 1 aliphatic heterocycles. The van der Waals surface area contributed by atoms with Gasteiger partial charge in [0.15, 0.2) is 0 Å². The predicted molar refractivity (Wildman–Crippen MR) is 105 cm³/mol. The van der Waals surface area contributed by atoms with E-state index in [1.807, 2.05) is 0 Å². The quantitative estimate of drug-likeness (QED) is 0.452. The smallest absolute Gasteiger partial charge is 0.419 e. The zero-order chi connectivity index (χ0) is 23.6. The highest BCUT2D eigenvalue weighted by Gasteiger charge is 2.45. The van der Waals surface area contributed by atoms with Crippen LogP contribution in [0.2, 0.25) is 0 Å². The van der Waals surface area contributed by atoms with Gasteiger partial charge in [0.1, 0.15) is 30.2 Å². The molecule has 1 fully saturated rings. The van der Waals surface area contributed by atoms with E-state index in [1.165, 1.54) is 31.3 Å². The predicted octanol–water partition coefficient (Wildman–Crippen LogP) is 0.911. The normalized spacial score (nSPS) is 25.9. The first-order chi connectivity index (χ1) is 15.1. The van der Waals surface area contributed by atoms with Crippen molar-refractivity contribution in [2.24, 2.45) is 0 Å². The van der Waals surface area contributed by atoms with E-state index < -0.39 is 60.7 Å². The van der Waals surface area contributed by atoms with Crippen molar-refractivity contribution in [2.45, 2.75) is 36.9 Å². The standard InChI is InChI=1S/C21H22F3NO7/c1-25-19(30)12-4-2-3-10(7-12)11-5-6-14(13(8-11)21(22,23)24)31-20-18(29)17(28)16(27)15(9-26)32-20/h2-8,15-18,20,26-29H,9H2,1H3,(H,25,30)/t15-,16?,17?,18+,20+/m1/s1. The third-order valence-electron chi connectivity index (χ3n) is 5.06. The first-order valence-electron chi connectivity index (χ1n) is 9.57. The zero-order valence-electron chi connectivity index (χ0n) is 16.8. The van der Waals surface area contributed by atoms with Crippen LogP contribution in [0.5, 0.6) is 5.75 Å². The number of amides is 1. The van der Waals surface area contributed by atoms with Crippen molar-refractivity contribution < 1.29 is 47.9 Å². The molecule has 2 unspecified atom stereocenters. The SMILES string of the molecule is CNC(=O)c1cccc(-c2ccc(O[C@H]3O[C@H](CO)C(O)C(O)[C@@H]3O)c(C(F)(F)F)c2)c1. The Hall–Kier alpha value is -2.70. The minimum atomic E-state index is -4.85. The number of hydrogen-bond donors (Lipinski definition) is 5. The summed E-state index contributed by atoms with van der Waals surface area (Å²) in [6, 6.07) is 9.20. The summed E-state index contributed by atoms with van der Waals surface area (Å²) in [5.41, 5.74) is -0.405. The number of benzene rings is 2. The van der Waals surface area contributed by atoms with E-state index in [0.717, 1.165) is 12.1 Å². The summed E-state index contributed by atoms with van der Waals surface area (Å²) in [5, 5.41) is 41.4. The molecule has 2 aromatic carbocycles. The lowest BCUT2D eigenvalue weighted by molar-refractivity contribution is -0.278. The Bertz CT molecular complexity index is 967. The molecule has 1 aliphatic rings. The van der Waals surface area contributed by atoms with E-state index in [1.54, 1.807) is 6.07 Å². The summed E-state index contributed by atoms with van der Waals surface area (Å²) in [6.45, 7) is -0.752. The second kappa shape index (κ2) is 9.43. The highest BCUT2D eigenvalue weighted by Crippen LogP contribution is 2.40. The topological polar surface area (TPSA) is 128 Å². The average molecular weight is 457 g/mol. The molecule has 5 N–H and O–H groups in total. The molecule has 0 radical (unpaired) electrons. The molecule has 8 nitrogen and oxygen atoms in total. The summed E-state index contributed by atoms with van der Waals surface area (Å²) < 4.78 is 51.6. The molecular weight excluding hydrogens is 435 g/mol. The maximum absolute atomic E-state index is 13.8. The molecule has 1 saturated heterocycles. The summed E-state index contributed by atoms with van der Waals surface area (Å²) in [6.07, 6.45) is -13.3. The van der Waals surface area contributed by atoms with E-state index in [9.17, 15) is 38.4 Å². The Balaban J connectivity index is 1.96.